The number of rotatable bonds is 4. The van der Waals surface area contributed by atoms with E-state index >= 15 is 0 Å². The highest BCUT2D eigenvalue weighted by Crippen LogP contribution is 2.39. The Labute approximate surface area is 153 Å². The van der Waals surface area contributed by atoms with Gasteiger partial charge in [0.2, 0.25) is 0 Å². The van der Waals surface area contributed by atoms with Crippen molar-refractivity contribution in [2.45, 2.75) is 20.4 Å². The Bertz CT molecular complexity index is 1100. The lowest BCUT2D eigenvalue weighted by atomic mass is 10.3. The van der Waals surface area contributed by atoms with Gasteiger partial charge in [0.1, 0.15) is 11.6 Å². The summed E-state index contributed by atoms with van der Waals surface area (Å²) in [6, 6.07) is 8.09. The molecule has 26 heavy (non-hydrogen) atoms. The molecular formula is C19H17FN4OS. The van der Waals surface area contributed by atoms with E-state index in [9.17, 15) is 4.39 Å². The monoisotopic (exact) mass is 368 g/mol. The zero-order valence-electron chi connectivity index (χ0n) is 14.4. The molecule has 4 rings (SSSR count). The fourth-order valence-electron chi connectivity index (χ4n) is 2.79. The molecule has 1 aromatic carbocycles. The predicted octanol–water partition coefficient (Wildman–Crippen LogP) is 5.00. The van der Waals surface area contributed by atoms with Crippen molar-refractivity contribution in [3.63, 3.8) is 0 Å². The van der Waals surface area contributed by atoms with Crippen LogP contribution >= 0.6 is 11.3 Å². The second-order valence-corrected chi connectivity index (χ2v) is 6.94. The van der Waals surface area contributed by atoms with Crippen LogP contribution in [0.15, 0.2) is 42.7 Å². The molecule has 0 aliphatic rings. The number of nitrogens with two attached hydrogens (primary N) is 1. The van der Waals surface area contributed by atoms with Gasteiger partial charge in [0.15, 0.2) is 11.6 Å². The predicted molar refractivity (Wildman–Crippen MR) is 102 cm³/mol. The molecule has 0 aliphatic heterocycles. The summed E-state index contributed by atoms with van der Waals surface area (Å²) in [6.45, 7) is 4.93. The average Bonchev–Trinajstić information content (AvgIpc) is 3.21. The Hall–Kier alpha value is -2.93. The molecule has 0 spiro atoms. The van der Waals surface area contributed by atoms with Crippen molar-refractivity contribution < 1.29 is 9.13 Å². The molecule has 3 aromatic heterocycles. The van der Waals surface area contributed by atoms with E-state index in [2.05, 4.69) is 21.5 Å². The second kappa shape index (κ2) is 6.42. The van der Waals surface area contributed by atoms with E-state index in [1.54, 1.807) is 18.3 Å². The number of nitrogens with zero attached hydrogens (tertiary/aromatic N) is 3. The Morgan fingerprint density at radius 2 is 2.08 bits per heavy atom. The molecule has 7 heteroatoms. The summed E-state index contributed by atoms with van der Waals surface area (Å²) in [5, 5.41) is 0. The highest BCUT2D eigenvalue weighted by Gasteiger charge is 2.14. The van der Waals surface area contributed by atoms with Gasteiger partial charge in [0.05, 0.1) is 20.8 Å². The zero-order chi connectivity index (χ0) is 18.3. The molecular weight excluding hydrogens is 351 g/mol. The number of aromatic nitrogens is 3. The number of fused-ring (bicyclic) bond motifs is 1. The number of halogens is 1. The number of hydrogen-bond donors (Lipinski definition) is 1. The van der Waals surface area contributed by atoms with Gasteiger partial charge in [-0.1, -0.05) is 0 Å². The molecule has 3 heterocycles. The normalized spacial score (nSPS) is 11.2. The molecule has 0 bridgehead atoms. The van der Waals surface area contributed by atoms with E-state index in [0.717, 1.165) is 33.2 Å². The zero-order valence-corrected chi connectivity index (χ0v) is 15.2. The summed E-state index contributed by atoms with van der Waals surface area (Å²) in [4.78, 5) is 10.0. The molecule has 4 aromatic rings. The van der Waals surface area contributed by atoms with Crippen LogP contribution in [0.3, 0.4) is 0 Å². The van der Waals surface area contributed by atoms with Gasteiger partial charge in [-0.25, -0.2) is 9.37 Å². The van der Waals surface area contributed by atoms with Crippen molar-refractivity contribution >= 4 is 27.2 Å². The molecule has 0 radical (unpaired) electrons. The first-order chi connectivity index (χ1) is 12.5. The van der Waals surface area contributed by atoms with Gasteiger partial charge in [-0.15, -0.1) is 11.3 Å². The topological polar surface area (TPSA) is 66.0 Å². The van der Waals surface area contributed by atoms with E-state index in [1.807, 2.05) is 19.2 Å². The number of nitrogen functional groups attached to an aromatic ring is 1. The van der Waals surface area contributed by atoms with Crippen LogP contribution in [0, 0.1) is 12.7 Å². The molecule has 0 unspecified atom stereocenters. The van der Waals surface area contributed by atoms with Crippen molar-refractivity contribution in [2.24, 2.45) is 0 Å². The summed E-state index contributed by atoms with van der Waals surface area (Å²) in [7, 11) is 0. The van der Waals surface area contributed by atoms with Crippen molar-refractivity contribution in [3.05, 3.63) is 54.4 Å². The number of anilines is 1. The third-order valence-corrected chi connectivity index (χ3v) is 5.28. The fourth-order valence-corrected chi connectivity index (χ4v) is 3.81. The van der Waals surface area contributed by atoms with Crippen LogP contribution < -0.4 is 10.5 Å². The van der Waals surface area contributed by atoms with Crippen molar-refractivity contribution in [2.75, 3.05) is 5.73 Å². The molecule has 0 fully saturated rings. The highest BCUT2D eigenvalue weighted by molar-refractivity contribution is 7.22. The van der Waals surface area contributed by atoms with E-state index in [4.69, 9.17) is 10.5 Å². The maximum Gasteiger partial charge on any atom is 0.167 e. The first kappa shape index (κ1) is 16.5. The van der Waals surface area contributed by atoms with Crippen LogP contribution in [-0.4, -0.2) is 14.5 Å². The van der Waals surface area contributed by atoms with Gasteiger partial charge in [0, 0.05) is 36.8 Å². The third kappa shape index (κ3) is 2.90. The highest BCUT2D eigenvalue weighted by atomic mass is 32.1. The van der Waals surface area contributed by atoms with Gasteiger partial charge in [-0.3, -0.25) is 4.98 Å². The molecule has 0 saturated carbocycles. The molecule has 0 saturated heterocycles. The number of imidazole rings is 1. The Morgan fingerprint density at radius 3 is 2.81 bits per heavy atom. The van der Waals surface area contributed by atoms with E-state index in [1.165, 1.54) is 23.5 Å². The number of thiophene rings is 1. The smallest absolute Gasteiger partial charge is 0.167 e. The molecule has 5 nitrogen and oxygen atoms in total. The van der Waals surface area contributed by atoms with Gasteiger partial charge < -0.3 is 15.0 Å². The van der Waals surface area contributed by atoms with Crippen LogP contribution in [0.25, 0.3) is 20.8 Å². The third-order valence-electron chi connectivity index (χ3n) is 4.12. The molecule has 2 N–H and O–H groups in total. The summed E-state index contributed by atoms with van der Waals surface area (Å²) in [6.07, 6.45) is 3.68. The molecule has 132 valence electrons. The van der Waals surface area contributed by atoms with Crippen LogP contribution in [0.1, 0.15) is 12.7 Å². The van der Waals surface area contributed by atoms with Gasteiger partial charge >= 0.3 is 0 Å². The number of pyridine rings is 1. The lowest BCUT2D eigenvalue weighted by Gasteiger charge is -2.07. The van der Waals surface area contributed by atoms with Crippen molar-refractivity contribution in [3.8, 4) is 22.1 Å². The van der Waals surface area contributed by atoms with E-state index < -0.39 is 5.82 Å². The number of hydrogen-bond acceptors (Lipinski definition) is 5. The SMILES string of the molecule is CCn1cc(-c2cc3nccc(Oc4ccc(N)cc4F)c3s2)nc1C. The summed E-state index contributed by atoms with van der Waals surface area (Å²) < 4.78 is 22.8. The fraction of sp³-hybridized carbons (Fsp3) is 0.158. The average molecular weight is 368 g/mol. The first-order valence-corrected chi connectivity index (χ1v) is 9.02. The minimum absolute atomic E-state index is 0.132. The number of aryl methyl sites for hydroxylation is 2. The Balaban J connectivity index is 1.75. The van der Waals surface area contributed by atoms with Crippen molar-refractivity contribution in [1.82, 2.24) is 14.5 Å². The maximum atomic E-state index is 14.1. The van der Waals surface area contributed by atoms with E-state index in [-0.39, 0.29) is 5.75 Å². The maximum absolute atomic E-state index is 14.1. The molecule has 0 amide bonds. The summed E-state index contributed by atoms with van der Waals surface area (Å²) in [5.74, 6) is 1.16. The van der Waals surface area contributed by atoms with Gasteiger partial charge in [-0.2, -0.15) is 0 Å². The largest absolute Gasteiger partial charge is 0.453 e. The van der Waals surface area contributed by atoms with Gasteiger partial charge in [-0.05, 0) is 32.0 Å². The number of benzene rings is 1. The molecule has 0 atom stereocenters. The standard InChI is InChI=1S/C19H17FN4OS/c1-3-24-10-15(23-11(24)2)18-9-14-19(26-18)17(6-7-22-14)25-16-5-4-12(21)8-13(16)20/h4-10H,3,21H2,1-2H3. The summed E-state index contributed by atoms with van der Waals surface area (Å²) >= 11 is 1.53. The van der Waals surface area contributed by atoms with Crippen LogP contribution in [-0.2, 0) is 6.54 Å². The Kier molecular flexibility index (Phi) is 4.08. The van der Waals surface area contributed by atoms with Gasteiger partial charge in [0.25, 0.3) is 0 Å². The van der Waals surface area contributed by atoms with E-state index in [0.29, 0.717) is 11.4 Å². The lowest BCUT2D eigenvalue weighted by molar-refractivity contribution is 0.447. The second-order valence-electron chi connectivity index (χ2n) is 5.89. The molecule has 0 aliphatic carbocycles. The lowest BCUT2D eigenvalue weighted by Crippen LogP contribution is -1.93. The van der Waals surface area contributed by atoms with Crippen molar-refractivity contribution in [1.29, 1.82) is 0 Å². The minimum Gasteiger partial charge on any atom is -0.453 e. The minimum atomic E-state index is -0.496. The van der Waals surface area contributed by atoms with Crippen LogP contribution in [0.2, 0.25) is 0 Å². The quantitative estimate of drug-likeness (QED) is 0.515. The first-order valence-electron chi connectivity index (χ1n) is 8.20. The van der Waals surface area contributed by atoms with Crippen LogP contribution in [0.4, 0.5) is 10.1 Å². The Morgan fingerprint density at radius 1 is 1.23 bits per heavy atom. The van der Waals surface area contributed by atoms with Crippen LogP contribution in [0.5, 0.6) is 11.5 Å². The summed E-state index contributed by atoms with van der Waals surface area (Å²) in [5.41, 5.74) is 7.64. The number of ether oxygens (including phenoxy) is 1.